The summed E-state index contributed by atoms with van der Waals surface area (Å²) in [4.78, 5) is 37.3. The number of hydrogen-bond donors (Lipinski definition) is 2. The molecule has 0 bridgehead atoms. The van der Waals surface area contributed by atoms with Crippen LogP contribution < -0.4 is 10.6 Å². The molecular weight excluding hydrogens is 438 g/mol. The van der Waals surface area contributed by atoms with Gasteiger partial charge in [-0.05, 0) is 45.4 Å². The average molecular weight is 468 g/mol. The number of likely N-dealkylation sites (tertiary alicyclic amines) is 1. The molecule has 0 unspecified atom stereocenters. The number of amides is 2. The Labute approximate surface area is 196 Å². The van der Waals surface area contributed by atoms with E-state index in [0.717, 1.165) is 28.8 Å². The first-order chi connectivity index (χ1) is 15.9. The van der Waals surface area contributed by atoms with Crippen molar-refractivity contribution in [3.8, 4) is 11.4 Å². The summed E-state index contributed by atoms with van der Waals surface area (Å²) in [5, 5.41) is 12.9. The molecule has 0 radical (unpaired) electrons. The molecule has 1 atom stereocenters. The van der Waals surface area contributed by atoms with E-state index in [0.29, 0.717) is 36.3 Å². The van der Waals surface area contributed by atoms with Crippen molar-refractivity contribution in [2.75, 3.05) is 18.4 Å². The lowest BCUT2D eigenvalue weighted by atomic mass is 10.0. The molecule has 4 heterocycles. The molecule has 5 rings (SSSR count). The van der Waals surface area contributed by atoms with Gasteiger partial charge < -0.3 is 15.5 Å². The van der Waals surface area contributed by atoms with E-state index in [-0.39, 0.29) is 23.9 Å². The van der Waals surface area contributed by atoms with Crippen LogP contribution in [-0.4, -0.2) is 61.5 Å². The summed E-state index contributed by atoms with van der Waals surface area (Å²) < 4.78 is 1.80. The summed E-state index contributed by atoms with van der Waals surface area (Å²) in [6.07, 6.45) is 7.59. The zero-order valence-electron chi connectivity index (χ0n) is 19.2. The monoisotopic (exact) mass is 467 g/mol. The van der Waals surface area contributed by atoms with Crippen LogP contribution in [0.15, 0.2) is 17.8 Å². The molecule has 2 aliphatic rings. The van der Waals surface area contributed by atoms with Crippen LogP contribution in [0.25, 0.3) is 16.2 Å². The molecule has 3 aromatic rings. The number of hydrogen-bond acceptors (Lipinski definition) is 7. The van der Waals surface area contributed by atoms with Gasteiger partial charge in [0.15, 0.2) is 5.82 Å². The van der Waals surface area contributed by atoms with Gasteiger partial charge in [-0.15, -0.1) is 11.3 Å². The van der Waals surface area contributed by atoms with Gasteiger partial charge in [0, 0.05) is 49.2 Å². The van der Waals surface area contributed by atoms with Crippen LogP contribution in [0, 0.1) is 12.8 Å². The van der Waals surface area contributed by atoms with Gasteiger partial charge >= 0.3 is 0 Å². The SMILES string of the molecule is CC(=O)NC1CCN(C(=O)c2nc(-c3cnn4ccsc34)nc(N[C@@H](C)C3CC3)c2C)CC1. The maximum Gasteiger partial charge on any atom is 0.272 e. The first-order valence-corrected chi connectivity index (χ1v) is 12.4. The molecule has 3 aromatic heterocycles. The van der Waals surface area contributed by atoms with Crippen molar-refractivity contribution < 1.29 is 9.59 Å². The molecule has 2 amide bonds. The molecule has 0 spiro atoms. The summed E-state index contributed by atoms with van der Waals surface area (Å²) in [5.41, 5.74) is 2.03. The largest absolute Gasteiger partial charge is 0.367 e. The van der Waals surface area contributed by atoms with Crippen molar-refractivity contribution in [1.82, 2.24) is 29.8 Å². The van der Waals surface area contributed by atoms with Crippen molar-refractivity contribution >= 4 is 33.8 Å². The fourth-order valence-electron chi connectivity index (χ4n) is 4.46. The molecule has 2 N–H and O–H groups in total. The van der Waals surface area contributed by atoms with Gasteiger partial charge in [0.2, 0.25) is 5.91 Å². The highest BCUT2D eigenvalue weighted by atomic mass is 32.1. The van der Waals surface area contributed by atoms with E-state index in [1.807, 2.05) is 23.4 Å². The predicted octanol–water partition coefficient (Wildman–Crippen LogP) is 3.11. The van der Waals surface area contributed by atoms with Crippen molar-refractivity contribution in [3.63, 3.8) is 0 Å². The van der Waals surface area contributed by atoms with Gasteiger partial charge in [-0.25, -0.2) is 14.5 Å². The third kappa shape index (κ3) is 4.44. The Hall–Kier alpha value is -3.01. The molecule has 9 nitrogen and oxygen atoms in total. The lowest BCUT2D eigenvalue weighted by Crippen LogP contribution is -2.46. The maximum atomic E-state index is 13.6. The predicted molar refractivity (Wildman–Crippen MR) is 127 cm³/mol. The van der Waals surface area contributed by atoms with E-state index in [1.54, 1.807) is 22.0 Å². The van der Waals surface area contributed by atoms with Crippen molar-refractivity contribution in [1.29, 1.82) is 0 Å². The van der Waals surface area contributed by atoms with Gasteiger partial charge in [0.1, 0.15) is 16.3 Å². The summed E-state index contributed by atoms with van der Waals surface area (Å²) in [6.45, 7) is 6.80. The summed E-state index contributed by atoms with van der Waals surface area (Å²) in [5.74, 6) is 1.76. The number of anilines is 1. The highest BCUT2D eigenvalue weighted by Crippen LogP contribution is 2.35. The molecule has 174 valence electrons. The molecule has 1 saturated carbocycles. The van der Waals surface area contributed by atoms with Gasteiger partial charge in [0.25, 0.3) is 5.91 Å². The molecule has 2 fully saturated rings. The minimum atomic E-state index is -0.0888. The molecule has 33 heavy (non-hydrogen) atoms. The fourth-order valence-corrected chi connectivity index (χ4v) is 5.25. The zero-order valence-corrected chi connectivity index (χ0v) is 20.0. The van der Waals surface area contributed by atoms with Gasteiger partial charge in [-0.1, -0.05) is 0 Å². The number of rotatable bonds is 6. The summed E-state index contributed by atoms with van der Waals surface area (Å²) >= 11 is 1.57. The summed E-state index contributed by atoms with van der Waals surface area (Å²) in [6, 6.07) is 0.404. The molecule has 0 aromatic carbocycles. The van der Waals surface area contributed by atoms with E-state index >= 15 is 0 Å². The van der Waals surface area contributed by atoms with E-state index in [1.165, 1.54) is 19.8 Å². The zero-order chi connectivity index (χ0) is 23.1. The molecular formula is C23H29N7O2S. The smallest absolute Gasteiger partial charge is 0.272 e. The van der Waals surface area contributed by atoms with E-state index in [9.17, 15) is 9.59 Å². The van der Waals surface area contributed by atoms with Crippen LogP contribution in [0.3, 0.4) is 0 Å². The van der Waals surface area contributed by atoms with Gasteiger partial charge in [-0.3, -0.25) is 9.59 Å². The van der Waals surface area contributed by atoms with Crippen LogP contribution in [0.5, 0.6) is 0 Å². The Morgan fingerprint density at radius 1 is 1.18 bits per heavy atom. The Morgan fingerprint density at radius 3 is 2.64 bits per heavy atom. The first kappa shape index (κ1) is 21.8. The van der Waals surface area contributed by atoms with Crippen LogP contribution in [0.1, 0.15) is 55.6 Å². The van der Waals surface area contributed by atoms with Crippen molar-refractivity contribution in [3.05, 3.63) is 29.0 Å². The van der Waals surface area contributed by atoms with E-state index in [2.05, 4.69) is 22.7 Å². The normalized spacial score (nSPS) is 17.8. The second kappa shape index (κ2) is 8.74. The second-order valence-corrected chi connectivity index (χ2v) is 10.0. The number of nitrogens with zero attached hydrogens (tertiary/aromatic N) is 5. The number of nitrogens with one attached hydrogen (secondary N) is 2. The van der Waals surface area contributed by atoms with Gasteiger partial charge in [-0.2, -0.15) is 5.10 Å². The lowest BCUT2D eigenvalue weighted by molar-refractivity contribution is -0.119. The highest BCUT2D eigenvalue weighted by molar-refractivity contribution is 7.16. The van der Waals surface area contributed by atoms with Crippen molar-refractivity contribution in [2.45, 2.75) is 58.5 Å². The fraction of sp³-hybridized carbons (Fsp3) is 0.522. The maximum absolute atomic E-state index is 13.6. The van der Waals surface area contributed by atoms with Gasteiger partial charge in [0.05, 0.1) is 11.8 Å². The lowest BCUT2D eigenvalue weighted by Gasteiger charge is -2.32. The Kier molecular flexibility index (Phi) is 5.77. The molecule has 10 heteroatoms. The van der Waals surface area contributed by atoms with E-state index in [4.69, 9.17) is 9.97 Å². The minimum Gasteiger partial charge on any atom is -0.367 e. The Balaban J connectivity index is 1.47. The molecule has 1 aliphatic carbocycles. The average Bonchev–Trinajstić information content (AvgIpc) is 3.41. The third-order valence-electron chi connectivity index (χ3n) is 6.60. The number of aromatic nitrogens is 4. The number of carbonyl (C=O) groups is 2. The van der Waals surface area contributed by atoms with E-state index < -0.39 is 0 Å². The number of thiazole rings is 1. The Morgan fingerprint density at radius 2 is 1.94 bits per heavy atom. The molecule has 1 saturated heterocycles. The quantitative estimate of drug-likeness (QED) is 0.577. The number of carbonyl (C=O) groups excluding carboxylic acids is 2. The van der Waals surface area contributed by atoms with Crippen LogP contribution >= 0.6 is 11.3 Å². The number of fused-ring (bicyclic) bond motifs is 1. The number of piperidine rings is 1. The Bertz CT molecular complexity index is 1190. The topological polar surface area (TPSA) is 105 Å². The van der Waals surface area contributed by atoms with Crippen LogP contribution in [0.4, 0.5) is 5.82 Å². The van der Waals surface area contributed by atoms with Crippen molar-refractivity contribution in [2.24, 2.45) is 5.92 Å². The highest BCUT2D eigenvalue weighted by Gasteiger charge is 2.31. The minimum absolute atomic E-state index is 0.0300. The summed E-state index contributed by atoms with van der Waals surface area (Å²) in [7, 11) is 0. The third-order valence-corrected chi connectivity index (χ3v) is 7.49. The molecule has 1 aliphatic heterocycles. The first-order valence-electron chi connectivity index (χ1n) is 11.5. The second-order valence-electron chi connectivity index (χ2n) is 9.12. The van der Waals surface area contributed by atoms with Crippen LogP contribution in [-0.2, 0) is 4.79 Å². The standard InChI is InChI=1S/C23H29N7O2S/c1-13-19(22(32)29-8-6-17(7-9-29)26-15(3)31)27-21(18-12-24-30-10-11-33-23(18)30)28-20(13)25-14(2)16-4-5-16/h10-12,14,16-17H,4-9H2,1-3H3,(H,26,31)(H,25,27,28)/t14-/m0/s1. The van der Waals surface area contributed by atoms with Crippen LogP contribution in [0.2, 0.25) is 0 Å².